The zero-order chi connectivity index (χ0) is 52.1. The van der Waals surface area contributed by atoms with Gasteiger partial charge in [-0.25, -0.2) is 0 Å². The summed E-state index contributed by atoms with van der Waals surface area (Å²) in [5.41, 5.74) is 0. The van der Waals surface area contributed by atoms with E-state index in [1.807, 2.05) is 0 Å². The van der Waals surface area contributed by atoms with E-state index in [0.717, 1.165) is 0 Å². The SMILES string of the molecule is C1=CCC/C=C\CC1.C1=CCC/C=C\CC1.[CH-]=O.[Ir].[Ir].c1ccc(P(c2ccccc2)c2ccccc2)cc1.c1ccc(P(c2ccccc2)c2ccccc2)cc1.c1ccc(P(c2ccccc2)c2ccccc2)cc1. The number of benzene rings is 9. The number of hydrogen-bond donors (Lipinski definition) is 0. The number of rotatable bonds is 9. The summed E-state index contributed by atoms with van der Waals surface area (Å²) < 4.78 is 0. The van der Waals surface area contributed by atoms with Crippen LogP contribution in [0.1, 0.15) is 51.4 Å². The first-order valence-corrected chi connectivity index (χ1v) is 30.1. The maximum atomic E-state index is 7.75. The Bertz CT molecular complexity index is 2300. The van der Waals surface area contributed by atoms with Crippen molar-refractivity contribution >= 4 is 78.3 Å². The molecule has 0 amide bonds. The zero-order valence-electron chi connectivity index (χ0n) is 43.8. The van der Waals surface area contributed by atoms with Gasteiger partial charge in [-0.15, -0.1) is 0 Å². The first kappa shape index (κ1) is 63.7. The van der Waals surface area contributed by atoms with Gasteiger partial charge in [-0.1, -0.05) is 322 Å². The number of hydrogen-bond acceptors (Lipinski definition) is 1. The van der Waals surface area contributed by atoms with Crippen LogP contribution < -0.4 is 47.7 Å². The van der Waals surface area contributed by atoms with Crippen molar-refractivity contribution in [3.05, 3.63) is 322 Å². The summed E-state index contributed by atoms with van der Waals surface area (Å²) in [6, 6.07) is 97.0. The van der Waals surface area contributed by atoms with Crippen molar-refractivity contribution in [2.24, 2.45) is 0 Å². The molecule has 2 radical (unpaired) electrons. The van der Waals surface area contributed by atoms with E-state index in [2.05, 4.69) is 328 Å². The van der Waals surface area contributed by atoms with Crippen LogP contribution in [0.4, 0.5) is 0 Å². The molecule has 11 rings (SSSR count). The predicted molar refractivity (Wildman–Crippen MR) is 336 cm³/mol. The topological polar surface area (TPSA) is 17.1 Å². The molecular weight excluding hydrogens is 1350 g/mol. The van der Waals surface area contributed by atoms with Crippen molar-refractivity contribution in [3.63, 3.8) is 0 Å². The summed E-state index contributed by atoms with van der Waals surface area (Å²) in [5.74, 6) is 0. The standard InChI is InChI=1S/3C18H15P.2C8H12.CHO.2Ir/c3*1-4-10-16(11-5-1)19(17-12-6-2-7-13-17)18-14-8-3-9-15-18;2*1-2-4-6-8-7-5-3-1;1-2;;/h3*1-15H;2*1-2,7-8H,3-6H2;1H;;/q;;;;;-1;;/b;;;2*2-1-,8-7?;;;. The number of allylic oxidation sites excluding steroid dienone is 8. The monoisotopic (exact) mass is 1420 g/mol. The molecule has 2 aliphatic carbocycles. The molecule has 77 heavy (non-hydrogen) atoms. The van der Waals surface area contributed by atoms with E-state index in [1.165, 1.54) is 99.1 Å². The second-order valence-corrected chi connectivity index (χ2v) is 23.9. The van der Waals surface area contributed by atoms with Crippen molar-refractivity contribution in [1.29, 1.82) is 0 Å². The quantitative estimate of drug-likeness (QED) is 0.0609. The van der Waals surface area contributed by atoms with Crippen molar-refractivity contribution in [2.75, 3.05) is 0 Å². The van der Waals surface area contributed by atoms with Crippen molar-refractivity contribution < 1.29 is 45.0 Å². The molecule has 0 heterocycles. The van der Waals surface area contributed by atoms with Crippen LogP contribution in [0.3, 0.4) is 0 Å². The van der Waals surface area contributed by atoms with E-state index in [4.69, 9.17) is 4.79 Å². The maximum Gasteiger partial charge on any atom is 0 e. The van der Waals surface area contributed by atoms with Gasteiger partial charge in [0.25, 0.3) is 0 Å². The normalized spacial score (nSPS) is 12.9. The van der Waals surface area contributed by atoms with Gasteiger partial charge in [0.05, 0.1) is 0 Å². The fraction of sp³-hybridized carbons (Fsp3) is 0.113. The summed E-state index contributed by atoms with van der Waals surface area (Å²) in [6.45, 7) is 3.25. The third kappa shape index (κ3) is 23.4. The van der Waals surface area contributed by atoms with Crippen molar-refractivity contribution in [1.82, 2.24) is 0 Å². The van der Waals surface area contributed by atoms with Crippen LogP contribution in [-0.4, -0.2) is 6.79 Å². The Morgan fingerprint density at radius 1 is 0.182 bits per heavy atom. The molecule has 0 spiro atoms. The van der Waals surface area contributed by atoms with E-state index in [-0.39, 0.29) is 40.2 Å². The predicted octanol–water partition coefficient (Wildman–Crippen LogP) is 15.4. The molecule has 2 aliphatic rings. The Morgan fingerprint density at radius 3 is 0.364 bits per heavy atom. The largest absolute Gasteiger partial charge is 0.545 e. The Kier molecular flexibility index (Phi) is 33.4. The Morgan fingerprint density at radius 2 is 0.273 bits per heavy atom. The van der Waals surface area contributed by atoms with Crippen LogP contribution in [0.15, 0.2) is 322 Å². The fourth-order valence-corrected chi connectivity index (χ4v) is 15.2. The van der Waals surface area contributed by atoms with Crippen LogP contribution in [0, 0.1) is 0 Å². The van der Waals surface area contributed by atoms with Crippen LogP contribution in [0.25, 0.3) is 0 Å². The van der Waals surface area contributed by atoms with Crippen molar-refractivity contribution in [3.8, 4) is 0 Å². The third-order valence-electron chi connectivity index (χ3n) is 11.8. The maximum absolute atomic E-state index is 7.75. The molecule has 0 bridgehead atoms. The zero-order valence-corrected chi connectivity index (χ0v) is 51.2. The minimum Gasteiger partial charge on any atom is -0.545 e. The van der Waals surface area contributed by atoms with E-state index in [1.54, 1.807) is 0 Å². The smallest absolute Gasteiger partial charge is 0 e. The van der Waals surface area contributed by atoms with Gasteiger partial charge in [-0.3, -0.25) is 6.79 Å². The third-order valence-corrected chi connectivity index (χ3v) is 19.1. The minimum absolute atomic E-state index is 0. The Balaban J connectivity index is 0.000000213. The van der Waals surface area contributed by atoms with Gasteiger partial charge < -0.3 is 4.79 Å². The van der Waals surface area contributed by atoms with Crippen LogP contribution in [0.2, 0.25) is 0 Å². The van der Waals surface area contributed by atoms with Gasteiger partial charge in [-0.05, 0) is 123 Å². The van der Waals surface area contributed by atoms with Gasteiger partial charge >= 0.3 is 0 Å². The molecule has 0 fully saturated rings. The number of carbonyl (C=O) groups excluding carboxylic acids is 1. The fourth-order valence-electron chi connectivity index (χ4n) is 8.25. The van der Waals surface area contributed by atoms with Gasteiger partial charge in [0.2, 0.25) is 0 Å². The molecule has 9 aromatic rings. The molecule has 1 nitrogen and oxygen atoms in total. The molecule has 0 aromatic heterocycles. The summed E-state index contributed by atoms with van der Waals surface area (Å²) in [7, 11) is -1.34. The molecule has 0 atom stereocenters. The molecular formula is C71H70Ir2OP3-. The average Bonchev–Trinajstić information content (AvgIpc) is 3.47. The summed E-state index contributed by atoms with van der Waals surface area (Å²) >= 11 is 0. The first-order chi connectivity index (χ1) is 37.3. The summed E-state index contributed by atoms with van der Waals surface area (Å²) in [6.07, 6.45) is 28.0. The van der Waals surface area contributed by atoms with Crippen molar-refractivity contribution in [2.45, 2.75) is 51.4 Å². The molecule has 0 unspecified atom stereocenters. The van der Waals surface area contributed by atoms with E-state index in [9.17, 15) is 0 Å². The van der Waals surface area contributed by atoms with E-state index < -0.39 is 23.8 Å². The minimum atomic E-state index is -0.446. The first-order valence-electron chi connectivity index (χ1n) is 26.0. The molecule has 394 valence electrons. The average molecular weight is 1420 g/mol. The Hall–Kier alpha value is -5.80. The Labute approximate surface area is 492 Å². The molecule has 0 saturated carbocycles. The molecule has 0 aliphatic heterocycles. The summed E-state index contributed by atoms with van der Waals surface area (Å²) in [4.78, 5) is 7.75. The molecule has 0 N–H and O–H groups in total. The molecule has 0 saturated heterocycles. The van der Waals surface area contributed by atoms with Gasteiger partial charge in [0, 0.05) is 40.2 Å². The van der Waals surface area contributed by atoms with Gasteiger partial charge in [-0.2, -0.15) is 0 Å². The summed E-state index contributed by atoms with van der Waals surface area (Å²) in [5, 5.41) is 12.6. The van der Waals surface area contributed by atoms with E-state index >= 15 is 0 Å². The van der Waals surface area contributed by atoms with Crippen LogP contribution >= 0.6 is 23.8 Å². The van der Waals surface area contributed by atoms with E-state index in [0.29, 0.717) is 0 Å². The van der Waals surface area contributed by atoms with Crippen LogP contribution in [0.5, 0.6) is 0 Å². The molecule has 9 aromatic carbocycles. The van der Waals surface area contributed by atoms with Gasteiger partial charge in [0.15, 0.2) is 0 Å². The second kappa shape index (κ2) is 40.4. The van der Waals surface area contributed by atoms with Crippen LogP contribution in [-0.2, 0) is 45.0 Å². The van der Waals surface area contributed by atoms with Gasteiger partial charge in [0.1, 0.15) is 0 Å². The molecule has 6 heteroatoms. The second-order valence-electron chi connectivity index (χ2n) is 17.2.